The third-order valence-electron chi connectivity index (χ3n) is 2.21. The molecule has 0 N–H and O–H groups in total. The van der Waals surface area contributed by atoms with Crippen molar-refractivity contribution in [2.75, 3.05) is 0 Å². The van der Waals surface area contributed by atoms with Crippen LogP contribution in [0, 0.1) is 0 Å². The third-order valence-corrected chi connectivity index (χ3v) is 2.21. The number of fused-ring (bicyclic) bond motifs is 1. The second-order valence-electron chi connectivity index (χ2n) is 3.36. The molecule has 0 spiro atoms. The Bertz CT molecular complexity index is 593. The van der Waals surface area contributed by atoms with Crippen molar-refractivity contribution >= 4 is 16.9 Å². The Balaban J connectivity index is 2.80. The Morgan fingerprint density at radius 2 is 1.88 bits per heavy atom. The van der Waals surface area contributed by atoms with E-state index in [1.54, 1.807) is 6.07 Å². The van der Waals surface area contributed by atoms with Crippen LogP contribution in [0.15, 0.2) is 30.3 Å². The first-order chi connectivity index (χ1) is 7.89. The normalized spacial score (nSPS) is 11.7. The monoisotopic (exact) mass is 240 g/mol. The minimum atomic E-state index is -4.82. The van der Waals surface area contributed by atoms with Crippen molar-refractivity contribution in [3.05, 3.63) is 41.6 Å². The zero-order valence-electron chi connectivity index (χ0n) is 8.28. The fourth-order valence-electron chi connectivity index (χ4n) is 1.49. The number of carbonyl (C=O) groups excluding carboxylic acids is 1. The number of rotatable bonds is 1. The van der Waals surface area contributed by atoms with Crippen molar-refractivity contribution in [1.82, 2.24) is 4.98 Å². The lowest BCUT2D eigenvalue weighted by atomic mass is 10.1. The largest absolute Gasteiger partial charge is 0.545 e. The lowest BCUT2D eigenvalue weighted by Crippen LogP contribution is -2.27. The van der Waals surface area contributed by atoms with Crippen LogP contribution in [0.2, 0.25) is 0 Å². The van der Waals surface area contributed by atoms with Gasteiger partial charge in [0.05, 0.1) is 11.5 Å². The Kier molecular flexibility index (Phi) is 2.49. The van der Waals surface area contributed by atoms with E-state index in [2.05, 4.69) is 4.98 Å². The first-order valence-corrected chi connectivity index (χ1v) is 4.58. The molecule has 6 heteroatoms. The van der Waals surface area contributed by atoms with Crippen LogP contribution in [0.5, 0.6) is 0 Å². The zero-order valence-corrected chi connectivity index (χ0v) is 8.28. The number of para-hydroxylation sites is 1. The second-order valence-corrected chi connectivity index (χ2v) is 3.36. The maximum absolute atomic E-state index is 12.6. The van der Waals surface area contributed by atoms with Gasteiger partial charge in [0.2, 0.25) is 0 Å². The highest BCUT2D eigenvalue weighted by molar-refractivity contribution is 5.93. The number of benzene rings is 1. The average molecular weight is 240 g/mol. The first-order valence-electron chi connectivity index (χ1n) is 4.58. The Morgan fingerprint density at radius 3 is 2.47 bits per heavy atom. The number of hydrogen-bond donors (Lipinski definition) is 0. The molecule has 0 saturated carbocycles. The average Bonchev–Trinajstić information content (AvgIpc) is 2.26. The summed E-state index contributed by atoms with van der Waals surface area (Å²) in [7, 11) is 0. The number of carbonyl (C=O) groups is 1. The van der Waals surface area contributed by atoms with Gasteiger partial charge in [-0.3, -0.25) is 0 Å². The number of alkyl halides is 3. The Hall–Kier alpha value is -2.11. The molecule has 0 atom stereocenters. The molecule has 2 aromatic rings. The molecule has 0 aliphatic carbocycles. The molecule has 88 valence electrons. The van der Waals surface area contributed by atoms with Gasteiger partial charge in [0.1, 0.15) is 0 Å². The number of nitrogens with zero attached hydrogens (tertiary/aromatic N) is 1. The van der Waals surface area contributed by atoms with Gasteiger partial charge in [0.15, 0.2) is 5.69 Å². The van der Waals surface area contributed by atoms with Crippen molar-refractivity contribution in [3.63, 3.8) is 0 Å². The lowest BCUT2D eigenvalue weighted by molar-refractivity contribution is -0.255. The summed E-state index contributed by atoms with van der Waals surface area (Å²) < 4.78 is 37.7. The van der Waals surface area contributed by atoms with E-state index < -0.39 is 23.4 Å². The molecule has 1 heterocycles. The molecule has 3 nitrogen and oxygen atoms in total. The molecule has 2 rings (SSSR count). The molecule has 1 aromatic carbocycles. The van der Waals surface area contributed by atoms with Crippen molar-refractivity contribution in [2.45, 2.75) is 6.18 Å². The number of pyridine rings is 1. The van der Waals surface area contributed by atoms with Gasteiger partial charge < -0.3 is 9.90 Å². The van der Waals surface area contributed by atoms with E-state index in [1.165, 1.54) is 18.2 Å². The highest BCUT2D eigenvalue weighted by atomic mass is 19.4. The number of aromatic nitrogens is 1. The van der Waals surface area contributed by atoms with Crippen molar-refractivity contribution < 1.29 is 23.1 Å². The standard InChI is InChI=1S/C11H6F3NO2/c12-11(13,14)9-7(10(16)17)5-6-3-1-2-4-8(6)15-9/h1-5H,(H,16,17)/p-1. The number of aromatic carboxylic acids is 1. The SMILES string of the molecule is O=C([O-])c1cc2ccccc2nc1C(F)(F)F. The number of halogens is 3. The second kappa shape index (κ2) is 3.73. The van der Waals surface area contributed by atoms with Gasteiger partial charge in [-0.15, -0.1) is 0 Å². The molecular formula is C11H5F3NO2-. The van der Waals surface area contributed by atoms with E-state index >= 15 is 0 Å². The molecular weight excluding hydrogens is 235 g/mol. The van der Waals surface area contributed by atoms with Gasteiger partial charge in [-0.1, -0.05) is 18.2 Å². The van der Waals surface area contributed by atoms with E-state index in [-0.39, 0.29) is 5.52 Å². The summed E-state index contributed by atoms with van der Waals surface area (Å²) in [5.41, 5.74) is -2.29. The Labute approximate surface area is 93.5 Å². The van der Waals surface area contributed by atoms with Crippen LogP contribution in [0.3, 0.4) is 0 Å². The quantitative estimate of drug-likeness (QED) is 0.761. The van der Waals surface area contributed by atoms with E-state index in [0.717, 1.165) is 6.07 Å². The minimum absolute atomic E-state index is 0.0878. The summed E-state index contributed by atoms with van der Waals surface area (Å²) in [6, 6.07) is 6.88. The van der Waals surface area contributed by atoms with E-state index in [0.29, 0.717) is 5.39 Å². The van der Waals surface area contributed by atoms with Crippen LogP contribution < -0.4 is 5.11 Å². The summed E-state index contributed by atoms with van der Waals surface area (Å²) in [6.07, 6.45) is -4.82. The molecule has 0 saturated heterocycles. The van der Waals surface area contributed by atoms with Crippen LogP contribution in [-0.2, 0) is 6.18 Å². The third kappa shape index (κ3) is 2.06. The van der Waals surface area contributed by atoms with Crippen LogP contribution in [0.1, 0.15) is 16.1 Å². The van der Waals surface area contributed by atoms with Crippen LogP contribution >= 0.6 is 0 Å². The van der Waals surface area contributed by atoms with Gasteiger partial charge in [-0.2, -0.15) is 13.2 Å². The molecule has 0 bridgehead atoms. The zero-order chi connectivity index (χ0) is 12.6. The Morgan fingerprint density at radius 1 is 1.24 bits per heavy atom. The summed E-state index contributed by atoms with van der Waals surface area (Å²) >= 11 is 0. The van der Waals surface area contributed by atoms with Crippen LogP contribution in [0.4, 0.5) is 13.2 Å². The van der Waals surface area contributed by atoms with Gasteiger partial charge in [-0.25, -0.2) is 4.98 Å². The molecule has 1 aromatic heterocycles. The van der Waals surface area contributed by atoms with Gasteiger partial charge >= 0.3 is 6.18 Å². The molecule has 0 aliphatic heterocycles. The predicted molar refractivity (Wildman–Crippen MR) is 51.1 cm³/mol. The number of carboxylic acid groups (broad SMARTS) is 1. The fourth-order valence-corrected chi connectivity index (χ4v) is 1.49. The predicted octanol–water partition coefficient (Wildman–Crippen LogP) is 1.62. The highest BCUT2D eigenvalue weighted by Gasteiger charge is 2.36. The van der Waals surface area contributed by atoms with E-state index in [9.17, 15) is 23.1 Å². The van der Waals surface area contributed by atoms with Crippen LogP contribution in [0.25, 0.3) is 10.9 Å². The van der Waals surface area contributed by atoms with Crippen molar-refractivity contribution in [2.24, 2.45) is 0 Å². The molecule has 0 fully saturated rings. The molecule has 0 aliphatic rings. The summed E-state index contributed by atoms with van der Waals surface area (Å²) in [6.45, 7) is 0. The molecule has 17 heavy (non-hydrogen) atoms. The van der Waals surface area contributed by atoms with E-state index in [4.69, 9.17) is 0 Å². The maximum atomic E-state index is 12.6. The van der Waals surface area contributed by atoms with Gasteiger partial charge in [0, 0.05) is 10.9 Å². The van der Waals surface area contributed by atoms with Crippen molar-refractivity contribution in [3.8, 4) is 0 Å². The van der Waals surface area contributed by atoms with Crippen LogP contribution in [-0.4, -0.2) is 11.0 Å². The maximum Gasteiger partial charge on any atom is 0.434 e. The van der Waals surface area contributed by atoms with Gasteiger partial charge in [0.25, 0.3) is 0 Å². The summed E-state index contributed by atoms with van der Waals surface area (Å²) in [5, 5.41) is 11.0. The molecule has 0 amide bonds. The first kappa shape index (κ1) is 11.4. The molecule has 0 unspecified atom stereocenters. The lowest BCUT2D eigenvalue weighted by Gasteiger charge is -2.13. The highest BCUT2D eigenvalue weighted by Crippen LogP contribution is 2.31. The van der Waals surface area contributed by atoms with E-state index in [1.807, 2.05) is 0 Å². The summed E-state index contributed by atoms with van der Waals surface area (Å²) in [4.78, 5) is 14.0. The minimum Gasteiger partial charge on any atom is -0.545 e. The summed E-state index contributed by atoms with van der Waals surface area (Å²) in [5.74, 6) is -1.89. The fraction of sp³-hybridized carbons (Fsp3) is 0.0909. The molecule has 0 radical (unpaired) electrons. The van der Waals surface area contributed by atoms with Crippen molar-refractivity contribution in [1.29, 1.82) is 0 Å². The number of hydrogen-bond acceptors (Lipinski definition) is 3. The number of carboxylic acids is 1. The van der Waals surface area contributed by atoms with Gasteiger partial charge in [-0.05, 0) is 12.1 Å². The topological polar surface area (TPSA) is 53.0 Å². The smallest absolute Gasteiger partial charge is 0.434 e.